The van der Waals surface area contributed by atoms with Crippen LogP contribution in [0.4, 0.5) is 5.69 Å². The summed E-state index contributed by atoms with van der Waals surface area (Å²) in [6.07, 6.45) is 4.82. The number of aliphatic imine (C=N–C) groups is 1. The van der Waals surface area contributed by atoms with E-state index < -0.39 is 10.9 Å². The molecular formula is C19H14N2O5. The van der Waals surface area contributed by atoms with Gasteiger partial charge in [0.2, 0.25) is 5.90 Å². The molecule has 0 spiro atoms. The van der Waals surface area contributed by atoms with Crippen molar-refractivity contribution < 1.29 is 19.2 Å². The molecular weight excluding hydrogens is 336 g/mol. The lowest BCUT2D eigenvalue weighted by atomic mass is 10.2. The van der Waals surface area contributed by atoms with Gasteiger partial charge in [-0.1, -0.05) is 18.2 Å². The van der Waals surface area contributed by atoms with Crippen molar-refractivity contribution in [2.24, 2.45) is 4.99 Å². The first-order valence-corrected chi connectivity index (χ1v) is 7.65. The average Bonchev–Trinajstić information content (AvgIpc) is 3.00. The summed E-state index contributed by atoms with van der Waals surface area (Å²) in [6.45, 7) is 0. The van der Waals surface area contributed by atoms with E-state index in [1.165, 1.54) is 30.3 Å². The Hall–Kier alpha value is -3.74. The van der Waals surface area contributed by atoms with Gasteiger partial charge in [0.15, 0.2) is 5.70 Å². The van der Waals surface area contributed by atoms with Crippen LogP contribution < -0.4 is 4.74 Å². The minimum atomic E-state index is -0.581. The van der Waals surface area contributed by atoms with E-state index in [4.69, 9.17) is 9.47 Å². The second-order valence-electron chi connectivity index (χ2n) is 5.29. The molecule has 0 fully saturated rings. The Morgan fingerprint density at radius 1 is 1.12 bits per heavy atom. The van der Waals surface area contributed by atoms with Crippen molar-refractivity contribution in [3.05, 3.63) is 81.5 Å². The number of nitro benzene ring substituents is 1. The van der Waals surface area contributed by atoms with Gasteiger partial charge in [0.05, 0.1) is 12.0 Å². The van der Waals surface area contributed by atoms with E-state index in [9.17, 15) is 14.9 Å². The molecule has 0 aliphatic carbocycles. The van der Waals surface area contributed by atoms with Gasteiger partial charge in [-0.2, -0.15) is 0 Å². The van der Waals surface area contributed by atoms with Crippen molar-refractivity contribution in [2.45, 2.75) is 0 Å². The number of carbonyl (C=O) groups is 1. The summed E-state index contributed by atoms with van der Waals surface area (Å²) in [4.78, 5) is 26.2. The highest BCUT2D eigenvalue weighted by Crippen LogP contribution is 2.21. The Morgan fingerprint density at radius 3 is 2.54 bits per heavy atom. The van der Waals surface area contributed by atoms with E-state index in [1.54, 1.807) is 19.3 Å². The molecule has 0 atom stereocenters. The number of ether oxygens (including phenoxy) is 2. The summed E-state index contributed by atoms with van der Waals surface area (Å²) in [6, 6.07) is 13.2. The van der Waals surface area contributed by atoms with E-state index in [1.807, 2.05) is 24.3 Å². The average molecular weight is 350 g/mol. The first-order chi connectivity index (χ1) is 12.6. The standard InChI is InChI=1S/C19H14N2O5/c1-25-17-5-3-2-4-14(17)8-11-18-20-16(19(22)26-18)12-13-6-9-15(10-7-13)21(23)24/h2-12H,1H3/b11-8+,16-12?. The topological polar surface area (TPSA) is 91.0 Å². The van der Waals surface area contributed by atoms with Crippen LogP contribution in [0.2, 0.25) is 0 Å². The van der Waals surface area contributed by atoms with Crippen LogP contribution in [0.3, 0.4) is 0 Å². The van der Waals surface area contributed by atoms with Gasteiger partial charge in [0.1, 0.15) is 5.75 Å². The van der Waals surface area contributed by atoms with Crippen molar-refractivity contribution in [3.63, 3.8) is 0 Å². The summed E-state index contributed by atoms with van der Waals surface area (Å²) in [5.41, 5.74) is 1.53. The van der Waals surface area contributed by atoms with Crippen molar-refractivity contribution in [1.82, 2.24) is 0 Å². The summed E-state index contributed by atoms with van der Waals surface area (Å²) < 4.78 is 10.4. The van der Waals surface area contributed by atoms with Crippen molar-refractivity contribution in [1.29, 1.82) is 0 Å². The Labute approximate surface area is 149 Å². The zero-order valence-electron chi connectivity index (χ0n) is 13.8. The molecule has 1 aliphatic heterocycles. The molecule has 2 aromatic carbocycles. The lowest BCUT2D eigenvalue weighted by Crippen LogP contribution is -2.01. The molecule has 0 bridgehead atoms. The zero-order chi connectivity index (χ0) is 18.5. The zero-order valence-corrected chi connectivity index (χ0v) is 13.8. The van der Waals surface area contributed by atoms with Gasteiger partial charge in [0.25, 0.3) is 5.69 Å². The van der Waals surface area contributed by atoms with Crippen LogP contribution >= 0.6 is 0 Å². The van der Waals surface area contributed by atoms with Crippen LogP contribution in [0.25, 0.3) is 12.2 Å². The molecule has 130 valence electrons. The maximum atomic E-state index is 11.9. The van der Waals surface area contributed by atoms with Crippen molar-refractivity contribution in [3.8, 4) is 5.75 Å². The first kappa shape index (κ1) is 17.1. The predicted octanol–water partition coefficient (Wildman–Crippen LogP) is 3.61. The van der Waals surface area contributed by atoms with Crippen LogP contribution in [-0.2, 0) is 9.53 Å². The van der Waals surface area contributed by atoms with Gasteiger partial charge in [-0.3, -0.25) is 10.1 Å². The van der Waals surface area contributed by atoms with Gasteiger partial charge in [-0.25, -0.2) is 9.79 Å². The van der Waals surface area contributed by atoms with Gasteiger partial charge >= 0.3 is 5.97 Å². The fourth-order valence-corrected chi connectivity index (χ4v) is 2.31. The molecule has 2 aromatic rings. The van der Waals surface area contributed by atoms with Gasteiger partial charge < -0.3 is 9.47 Å². The van der Waals surface area contributed by atoms with E-state index in [2.05, 4.69) is 4.99 Å². The van der Waals surface area contributed by atoms with E-state index >= 15 is 0 Å². The second kappa shape index (κ2) is 7.43. The number of para-hydroxylation sites is 1. The van der Waals surface area contributed by atoms with E-state index in [0.717, 1.165) is 5.56 Å². The molecule has 1 heterocycles. The molecule has 0 unspecified atom stereocenters. The maximum absolute atomic E-state index is 11.9. The lowest BCUT2D eigenvalue weighted by Gasteiger charge is -2.02. The summed E-state index contributed by atoms with van der Waals surface area (Å²) >= 11 is 0. The minimum Gasteiger partial charge on any atom is -0.496 e. The van der Waals surface area contributed by atoms with Crippen LogP contribution in [0.15, 0.2) is 65.3 Å². The highest BCUT2D eigenvalue weighted by molar-refractivity contribution is 6.11. The monoisotopic (exact) mass is 350 g/mol. The number of hydrogen-bond acceptors (Lipinski definition) is 6. The van der Waals surface area contributed by atoms with Crippen molar-refractivity contribution >= 4 is 29.7 Å². The Balaban J connectivity index is 1.80. The largest absolute Gasteiger partial charge is 0.496 e. The van der Waals surface area contributed by atoms with Crippen LogP contribution in [-0.4, -0.2) is 23.9 Å². The molecule has 0 saturated carbocycles. The number of cyclic esters (lactones) is 1. The number of methoxy groups -OCH3 is 1. The highest BCUT2D eigenvalue weighted by Gasteiger charge is 2.21. The van der Waals surface area contributed by atoms with Crippen molar-refractivity contribution in [2.75, 3.05) is 7.11 Å². The van der Waals surface area contributed by atoms with Crippen LogP contribution in [0, 0.1) is 10.1 Å². The fourth-order valence-electron chi connectivity index (χ4n) is 2.31. The van der Waals surface area contributed by atoms with Gasteiger partial charge in [0, 0.05) is 23.8 Å². The summed E-state index contributed by atoms with van der Waals surface area (Å²) in [7, 11) is 1.57. The third-order valence-electron chi connectivity index (χ3n) is 3.59. The van der Waals surface area contributed by atoms with Gasteiger partial charge in [-0.05, 0) is 35.9 Å². The Kier molecular flexibility index (Phi) is 4.89. The highest BCUT2D eigenvalue weighted by atomic mass is 16.6. The number of nitrogens with zero attached hydrogens (tertiary/aromatic N) is 2. The quantitative estimate of drug-likeness (QED) is 0.355. The molecule has 7 nitrogen and oxygen atoms in total. The SMILES string of the molecule is COc1ccccc1/C=C/C1=NC(=Cc2ccc([N+](=O)[O-])cc2)C(=O)O1. The number of carbonyl (C=O) groups excluding carboxylic acids is 1. The second-order valence-corrected chi connectivity index (χ2v) is 5.29. The third-order valence-corrected chi connectivity index (χ3v) is 3.59. The molecule has 1 aliphatic rings. The normalized spacial score (nSPS) is 15.2. The number of hydrogen-bond donors (Lipinski definition) is 0. The Morgan fingerprint density at radius 2 is 1.85 bits per heavy atom. The summed E-state index contributed by atoms with van der Waals surface area (Å²) in [5, 5.41) is 10.7. The molecule has 3 rings (SSSR count). The van der Waals surface area contributed by atoms with E-state index in [0.29, 0.717) is 11.3 Å². The molecule has 7 heteroatoms. The van der Waals surface area contributed by atoms with E-state index in [-0.39, 0.29) is 17.3 Å². The van der Waals surface area contributed by atoms with Gasteiger partial charge in [-0.15, -0.1) is 0 Å². The first-order valence-electron chi connectivity index (χ1n) is 7.65. The smallest absolute Gasteiger partial charge is 0.363 e. The number of esters is 1. The Bertz CT molecular complexity index is 943. The number of rotatable bonds is 5. The molecule has 0 N–H and O–H groups in total. The molecule has 26 heavy (non-hydrogen) atoms. The number of nitro groups is 1. The minimum absolute atomic E-state index is 0.0231. The van der Waals surface area contributed by atoms with Crippen LogP contribution in [0.5, 0.6) is 5.75 Å². The molecule has 0 amide bonds. The molecule has 0 radical (unpaired) electrons. The number of non-ortho nitro benzene ring substituents is 1. The lowest BCUT2D eigenvalue weighted by molar-refractivity contribution is -0.384. The molecule has 0 aromatic heterocycles. The molecule has 0 saturated heterocycles. The number of benzene rings is 2. The maximum Gasteiger partial charge on any atom is 0.363 e. The third kappa shape index (κ3) is 3.84. The predicted molar refractivity (Wildman–Crippen MR) is 96.6 cm³/mol. The van der Waals surface area contributed by atoms with Crippen LogP contribution in [0.1, 0.15) is 11.1 Å². The summed E-state index contributed by atoms with van der Waals surface area (Å²) in [5.74, 6) is 0.271. The fraction of sp³-hybridized carbons (Fsp3) is 0.0526.